The van der Waals surface area contributed by atoms with E-state index in [1.54, 1.807) is 17.9 Å². The molecule has 0 bridgehead atoms. The van der Waals surface area contributed by atoms with Crippen LogP contribution in [0.2, 0.25) is 0 Å². The number of hydrogen-bond acceptors (Lipinski definition) is 3. The fourth-order valence-electron chi connectivity index (χ4n) is 3.92. The lowest BCUT2D eigenvalue weighted by molar-refractivity contribution is -0.137. The number of carbonyl (C=O) groups is 2. The zero-order valence-electron chi connectivity index (χ0n) is 18.5. The molecule has 5 heteroatoms. The minimum Gasteiger partial charge on any atom is -0.463 e. The summed E-state index contributed by atoms with van der Waals surface area (Å²) in [7, 11) is 0. The number of anilines is 1. The lowest BCUT2D eigenvalue weighted by atomic mass is 9.97. The van der Waals surface area contributed by atoms with Gasteiger partial charge < -0.3 is 4.74 Å². The number of esters is 1. The maximum atomic E-state index is 14.8. The fourth-order valence-corrected chi connectivity index (χ4v) is 3.92. The van der Waals surface area contributed by atoms with Crippen LogP contribution >= 0.6 is 0 Å². The first-order valence-corrected chi connectivity index (χ1v) is 10.6. The minimum atomic E-state index is -0.548. The van der Waals surface area contributed by atoms with Gasteiger partial charge in [-0.25, -0.2) is 9.18 Å². The summed E-state index contributed by atoms with van der Waals surface area (Å²) in [4.78, 5) is 27.2. The molecule has 3 rings (SSSR count). The number of allylic oxidation sites excluding steroid dienone is 2. The number of hydrogen-bond donors (Lipinski definition) is 0. The molecular weight excluding hydrogens is 393 g/mol. The number of halogens is 1. The van der Waals surface area contributed by atoms with Crippen molar-refractivity contribution in [2.24, 2.45) is 0 Å². The lowest BCUT2D eigenvalue weighted by Gasteiger charge is -2.28. The van der Waals surface area contributed by atoms with Gasteiger partial charge in [-0.15, -0.1) is 0 Å². The van der Waals surface area contributed by atoms with Crippen LogP contribution in [0.4, 0.5) is 10.1 Å². The molecule has 0 fully saturated rings. The Morgan fingerprint density at radius 3 is 2.58 bits per heavy atom. The third kappa shape index (κ3) is 4.93. The predicted molar refractivity (Wildman–Crippen MR) is 121 cm³/mol. The summed E-state index contributed by atoms with van der Waals surface area (Å²) in [6.07, 6.45) is 6.82. The van der Waals surface area contributed by atoms with Gasteiger partial charge in [0, 0.05) is 22.9 Å². The Morgan fingerprint density at radius 1 is 1.19 bits per heavy atom. The van der Waals surface area contributed by atoms with E-state index in [-0.39, 0.29) is 18.1 Å². The second-order valence-corrected chi connectivity index (χ2v) is 7.73. The second kappa shape index (κ2) is 9.73. The molecule has 31 heavy (non-hydrogen) atoms. The van der Waals surface area contributed by atoms with Crippen LogP contribution in [0.5, 0.6) is 0 Å². The third-order valence-electron chi connectivity index (χ3n) is 5.45. The van der Waals surface area contributed by atoms with Crippen LogP contribution in [0.25, 0.3) is 6.08 Å². The zero-order chi connectivity index (χ0) is 22.5. The monoisotopic (exact) mass is 421 g/mol. The summed E-state index contributed by atoms with van der Waals surface area (Å²) in [6, 6.07) is 8.89. The normalized spacial score (nSPS) is 16.2. The van der Waals surface area contributed by atoms with Crippen molar-refractivity contribution in [3.05, 3.63) is 81.8 Å². The van der Waals surface area contributed by atoms with E-state index in [0.29, 0.717) is 17.5 Å². The summed E-state index contributed by atoms with van der Waals surface area (Å²) >= 11 is 0. The minimum absolute atomic E-state index is 0.183. The molecule has 0 unspecified atom stereocenters. The number of ether oxygens (including phenoxy) is 1. The van der Waals surface area contributed by atoms with Crippen LogP contribution in [0.15, 0.2) is 48.2 Å². The van der Waals surface area contributed by atoms with Crippen molar-refractivity contribution in [1.29, 1.82) is 0 Å². The van der Waals surface area contributed by atoms with E-state index in [2.05, 4.69) is 6.08 Å². The number of fused-ring (bicyclic) bond motifs is 1. The van der Waals surface area contributed by atoms with E-state index < -0.39 is 11.8 Å². The first-order valence-electron chi connectivity index (χ1n) is 10.6. The standard InChI is InChI=1S/C26H28FNO3/c1-5-31-24(29)14-13-21-15-22-20(16-23(21)27)12-7-6-11-19(4)28(26(22)30)25-17(2)9-8-10-18(25)3/h8-11,13-16H,5-7,12H2,1-4H3/b14-13+,19-11+. The molecule has 0 saturated heterocycles. The van der Waals surface area contributed by atoms with Crippen LogP contribution in [0, 0.1) is 19.7 Å². The topological polar surface area (TPSA) is 46.6 Å². The van der Waals surface area contributed by atoms with Gasteiger partial charge in [0.05, 0.1) is 12.3 Å². The average molecular weight is 422 g/mol. The van der Waals surface area contributed by atoms with E-state index >= 15 is 0 Å². The number of amides is 1. The molecule has 162 valence electrons. The van der Waals surface area contributed by atoms with E-state index in [0.717, 1.165) is 35.4 Å². The highest BCUT2D eigenvalue weighted by atomic mass is 19.1. The van der Waals surface area contributed by atoms with E-state index in [9.17, 15) is 14.0 Å². The van der Waals surface area contributed by atoms with Gasteiger partial charge in [0.15, 0.2) is 0 Å². The first kappa shape index (κ1) is 22.5. The van der Waals surface area contributed by atoms with Crippen molar-refractivity contribution < 1.29 is 18.7 Å². The number of benzene rings is 2. The Balaban J connectivity index is 2.14. The number of aryl methyl sites for hydroxylation is 3. The SMILES string of the molecule is CCOC(=O)/C=C/c1cc2c(cc1F)CCC/C=C(\C)N(c1c(C)cccc1C)C2=O. The summed E-state index contributed by atoms with van der Waals surface area (Å²) in [6.45, 7) is 7.84. The highest BCUT2D eigenvalue weighted by molar-refractivity contribution is 6.10. The van der Waals surface area contributed by atoms with Crippen LogP contribution in [0.3, 0.4) is 0 Å². The van der Waals surface area contributed by atoms with Crippen molar-refractivity contribution in [3.8, 4) is 0 Å². The molecule has 0 aliphatic carbocycles. The Labute approximate surface area is 183 Å². The average Bonchev–Trinajstić information content (AvgIpc) is 2.77. The highest BCUT2D eigenvalue weighted by Gasteiger charge is 2.26. The quantitative estimate of drug-likeness (QED) is 0.456. The summed E-state index contributed by atoms with van der Waals surface area (Å²) in [5.41, 5.74) is 4.99. The van der Waals surface area contributed by atoms with Crippen molar-refractivity contribution in [3.63, 3.8) is 0 Å². The van der Waals surface area contributed by atoms with Gasteiger partial charge in [0.25, 0.3) is 5.91 Å². The molecule has 1 amide bonds. The summed E-state index contributed by atoms with van der Waals surface area (Å²) in [5.74, 6) is -1.21. The van der Waals surface area contributed by atoms with Gasteiger partial charge >= 0.3 is 5.97 Å². The Bertz CT molecular complexity index is 1050. The molecule has 0 radical (unpaired) electrons. The van der Waals surface area contributed by atoms with Crippen molar-refractivity contribution in [2.75, 3.05) is 11.5 Å². The largest absolute Gasteiger partial charge is 0.463 e. The molecule has 1 aliphatic heterocycles. The van der Waals surface area contributed by atoms with E-state index in [1.165, 1.54) is 18.2 Å². The van der Waals surface area contributed by atoms with Gasteiger partial charge in [-0.3, -0.25) is 9.69 Å². The zero-order valence-corrected chi connectivity index (χ0v) is 18.5. The molecule has 0 atom stereocenters. The Hall–Kier alpha value is -3.21. The number of para-hydroxylation sites is 1. The van der Waals surface area contributed by atoms with Crippen LogP contribution in [-0.4, -0.2) is 18.5 Å². The van der Waals surface area contributed by atoms with Crippen molar-refractivity contribution in [1.82, 2.24) is 0 Å². The molecule has 2 aromatic carbocycles. The molecular formula is C26H28FNO3. The van der Waals surface area contributed by atoms with Gasteiger partial charge in [0.2, 0.25) is 0 Å². The molecule has 1 heterocycles. The third-order valence-corrected chi connectivity index (χ3v) is 5.45. The molecule has 0 N–H and O–H groups in total. The van der Waals surface area contributed by atoms with Gasteiger partial charge in [0.1, 0.15) is 5.82 Å². The van der Waals surface area contributed by atoms with Crippen molar-refractivity contribution in [2.45, 2.75) is 47.0 Å². The van der Waals surface area contributed by atoms with Crippen LogP contribution in [0.1, 0.15) is 59.3 Å². The molecule has 2 aromatic rings. The van der Waals surface area contributed by atoms with Crippen molar-refractivity contribution >= 4 is 23.6 Å². The van der Waals surface area contributed by atoms with Gasteiger partial charge in [-0.05, 0) is 81.9 Å². The Morgan fingerprint density at radius 2 is 1.90 bits per heavy atom. The maximum absolute atomic E-state index is 14.8. The van der Waals surface area contributed by atoms with Crippen LogP contribution in [-0.2, 0) is 16.0 Å². The molecule has 4 nitrogen and oxygen atoms in total. The lowest BCUT2D eigenvalue weighted by Crippen LogP contribution is -2.31. The van der Waals surface area contributed by atoms with Crippen LogP contribution < -0.4 is 4.90 Å². The highest BCUT2D eigenvalue weighted by Crippen LogP contribution is 2.32. The van der Waals surface area contributed by atoms with E-state index in [1.807, 2.05) is 39.0 Å². The van der Waals surface area contributed by atoms with Gasteiger partial charge in [-0.2, -0.15) is 0 Å². The maximum Gasteiger partial charge on any atom is 0.330 e. The van der Waals surface area contributed by atoms with E-state index in [4.69, 9.17) is 4.74 Å². The van der Waals surface area contributed by atoms with Gasteiger partial charge in [-0.1, -0.05) is 24.3 Å². The molecule has 0 saturated carbocycles. The molecule has 0 aromatic heterocycles. The fraction of sp³-hybridized carbons (Fsp3) is 0.308. The summed E-state index contributed by atoms with van der Waals surface area (Å²) < 4.78 is 19.6. The molecule has 1 aliphatic rings. The molecule has 0 spiro atoms. The second-order valence-electron chi connectivity index (χ2n) is 7.73. The number of nitrogens with zero attached hydrogens (tertiary/aromatic N) is 1. The predicted octanol–water partition coefficient (Wildman–Crippen LogP) is 5.91. The summed E-state index contributed by atoms with van der Waals surface area (Å²) in [5, 5.41) is 0. The number of rotatable bonds is 4. The Kier molecular flexibility index (Phi) is 7.06. The smallest absolute Gasteiger partial charge is 0.330 e. The number of carbonyl (C=O) groups excluding carboxylic acids is 2. The first-order chi connectivity index (χ1) is 14.8.